The summed E-state index contributed by atoms with van der Waals surface area (Å²) in [5.74, 6) is 6.30. The van der Waals surface area contributed by atoms with Gasteiger partial charge in [0.05, 0.1) is 12.4 Å². The Hall–Kier alpha value is -2.58. The van der Waals surface area contributed by atoms with Gasteiger partial charge in [-0.05, 0) is 36.8 Å². The summed E-state index contributed by atoms with van der Waals surface area (Å²) in [6.07, 6.45) is 4.07. The third-order valence-corrected chi connectivity index (χ3v) is 4.14. The van der Waals surface area contributed by atoms with Gasteiger partial charge in [0.15, 0.2) is 5.78 Å². The quantitative estimate of drug-likeness (QED) is 0.624. The molecule has 1 aromatic heterocycles. The molecule has 0 saturated carbocycles. The number of H-pyrrole nitrogens is 1. The second-order valence-corrected chi connectivity index (χ2v) is 6.34. The summed E-state index contributed by atoms with van der Waals surface area (Å²) in [7, 11) is 0. The van der Waals surface area contributed by atoms with Crippen molar-refractivity contribution in [2.45, 2.75) is 25.8 Å². The smallest absolute Gasteiger partial charge is 0.154 e. The number of nitrogens with one attached hydrogen (secondary N) is 1. The van der Waals surface area contributed by atoms with E-state index in [1.54, 1.807) is 12.5 Å². The molecule has 0 radical (unpaired) electrons. The molecule has 146 valence electrons. The molecular formula is C22H23Cl2N3O. The zero-order valence-electron chi connectivity index (χ0n) is 15.5. The number of benzene rings is 2. The Morgan fingerprint density at radius 3 is 2.14 bits per heavy atom. The highest BCUT2D eigenvalue weighted by Gasteiger charge is 2.15. The average molecular weight is 416 g/mol. The number of nitrogens with two attached hydrogens (primary N) is 1. The van der Waals surface area contributed by atoms with Crippen molar-refractivity contribution in [3.8, 4) is 11.8 Å². The number of carbonyl (C=O) groups is 1. The molecule has 0 aliphatic carbocycles. The van der Waals surface area contributed by atoms with Crippen LogP contribution in [0.15, 0.2) is 61.1 Å². The van der Waals surface area contributed by atoms with E-state index in [2.05, 4.69) is 28.7 Å². The van der Waals surface area contributed by atoms with Crippen LogP contribution in [0.25, 0.3) is 0 Å². The molecule has 0 saturated heterocycles. The SMILES string of the molecule is Cc1ccc(C#Cc2ccc(CC(=O)[C@@H](N)Cc3cnc[nH]3)cc2)cc1.Cl.Cl. The van der Waals surface area contributed by atoms with Crippen molar-refractivity contribution in [1.82, 2.24) is 9.97 Å². The van der Waals surface area contributed by atoms with Crippen LogP contribution >= 0.6 is 24.8 Å². The van der Waals surface area contributed by atoms with Gasteiger partial charge in [-0.2, -0.15) is 0 Å². The zero-order valence-corrected chi connectivity index (χ0v) is 17.1. The molecule has 0 spiro atoms. The van der Waals surface area contributed by atoms with Gasteiger partial charge in [0.1, 0.15) is 0 Å². The third-order valence-electron chi connectivity index (χ3n) is 4.14. The molecule has 28 heavy (non-hydrogen) atoms. The molecule has 3 N–H and O–H groups in total. The highest BCUT2D eigenvalue weighted by atomic mass is 35.5. The average Bonchev–Trinajstić information content (AvgIpc) is 3.15. The van der Waals surface area contributed by atoms with Gasteiger partial charge in [-0.25, -0.2) is 4.98 Å². The van der Waals surface area contributed by atoms with Gasteiger partial charge in [-0.1, -0.05) is 41.7 Å². The van der Waals surface area contributed by atoms with Crippen molar-refractivity contribution >= 4 is 30.6 Å². The van der Waals surface area contributed by atoms with Crippen molar-refractivity contribution in [2.24, 2.45) is 5.73 Å². The van der Waals surface area contributed by atoms with E-state index in [0.717, 1.165) is 22.4 Å². The first-order chi connectivity index (χ1) is 12.6. The summed E-state index contributed by atoms with van der Waals surface area (Å²) in [6.45, 7) is 2.05. The Kier molecular flexibility index (Phi) is 9.47. The molecule has 1 atom stereocenters. The predicted molar refractivity (Wildman–Crippen MR) is 117 cm³/mol. The van der Waals surface area contributed by atoms with E-state index in [1.807, 2.05) is 48.5 Å². The number of ketones is 1. The monoisotopic (exact) mass is 415 g/mol. The lowest BCUT2D eigenvalue weighted by Gasteiger charge is -2.09. The molecule has 0 amide bonds. The first-order valence-corrected chi connectivity index (χ1v) is 8.53. The number of hydrogen-bond acceptors (Lipinski definition) is 3. The molecule has 3 aromatic rings. The number of rotatable bonds is 5. The van der Waals surface area contributed by atoms with Crippen LogP contribution < -0.4 is 5.73 Å². The van der Waals surface area contributed by atoms with E-state index in [9.17, 15) is 4.79 Å². The predicted octanol–water partition coefficient (Wildman–Crippen LogP) is 3.64. The van der Waals surface area contributed by atoms with E-state index in [4.69, 9.17) is 5.73 Å². The summed E-state index contributed by atoms with van der Waals surface area (Å²) in [5, 5.41) is 0. The number of aryl methyl sites for hydroxylation is 1. The number of nitrogens with zero attached hydrogens (tertiary/aromatic N) is 1. The fraction of sp³-hybridized carbons (Fsp3) is 0.182. The van der Waals surface area contributed by atoms with Gasteiger partial charge < -0.3 is 10.7 Å². The van der Waals surface area contributed by atoms with Gasteiger partial charge in [0, 0.05) is 35.9 Å². The lowest BCUT2D eigenvalue weighted by Crippen LogP contribution is -2.34. The molecule has 0 unspecified atom stereocenters. The summed E-state index contributed by atoms with van der Waals surface area (Å²) < 4.78 is 0. The summed E-state index contributed by atoms with van der Waals surface area (Å²) in [6, 6.07) is 15.3. The van der Waals surface area contributed by atoms with Crippen LogP contribution in [0.3, 0.4) is 0 Å². The Morgan fingerprint density at radius 2 is 1.61 bits per heavy atom. The number of aromatic nitrogens is 2. The number of aromatic amines is 1. The Morgan fingerprint density at radius 1 is 1.04 bits per heavy atom. The van der Waals surface area contributed by atoms with Crippen LogP contribution in [0, 0.1) is 18.8 Å². The molecule has 6 heteroatoms. The lowest BCUT2D eigenvalue weighted by molar-refractivity contribution is -0.119. The van der Waals surface area contributed by atoms with E-state index >= 15 is 0 Å². The second kappa shape index (κ2) is 11.3. The van der Waals surface area contributed by atoms with Gasteiger partial charge in [-0.3, -0.25) is 4.79 Å². The van der Waals surface area contributed by atoms with Crippen molar-refractivity contribution in [1.29, 1.82) is 0 Å². The Balaban J connectivity index is 0.00000196. The van der Waals surface area contributed by atoms with Crippen molar-refractivity contribution in [2.75, 3.05) is 0 Å². The van der Waals surface area contributed by atoms with Crippen molar-refractivity contribution < 1.29 is 4.79 Å². The summed E-state index contributed by atoms with van der Waals surface area (Å²) >= 11 is 0. The number of halogens is 2. The number of Topliss-reactive ketones (excluding diaryl/α,β-unsaturated/α-hetero) is 1. The van der Waals surface area contributed by atoms with Gasteiger partial charge in [-0.15, -0.1) is 24.8 Å². The lowest BCUT2D eigenvalue weighted by atomic mass is 10.0. The minimum atomic E-state index is -0.531. The second-order valence-electron chi connectivity index (χ2n) is 6.34. The minimum Gasteiger partial charge on any atom is -0.348 e. The molecule has 1 heterocycles. The fourth-order valence-electron chi connectivity index (χ4n) is 2.57. The summed E-state index contributed by atoms with van der Waals surface area (Å²) in [5.41, 5.74) is 10.9. The number of carbonyl (C=O) groups excluding carboxylic acids is 1. The Labute approximate surface area is 177 Å². The minimum absolute atomic E-state index is 0. The zero-order chi connectivity index (χ0) is 18.4. The molecule has 0 fully saturated rings. The van der Waals surface area contributed by atoms with Crippen LogP contribution in [0.4, 0.5) is 0 Å². The fourth-order valence-corrected chi connectivity index (χ4v) is 2.57. The highest BCUT2D eigenvalue weighted by molar-refractivity contribution is 5.86. The molecule has 0 bridgehead atoms. The standard InChI is InChI=1S/C22H21N3O.2ClH/c1-16-2-4-17(5-3-16)6-7-18-8-10-19(11-9-18)12-22(26)21(23)13-20-14-24-15-25-20;;/h2-5,8-11,14-15,21H,12-13,23H2,1H3,(H,24,25);2*1H/t21-;;/m0../s1. The molecule has 0 aliphatic heterocycles. The van der Waals surface area contributed by atoms with Crippen molar-refractivity contribution in [3.63, 3.8) is 0 Å². The van der Waals surface area contributed by atoms with Gasteiger partial charge in [0.2, 0.25) is 0 Å². The number of imidazole rings is 1. The Bertz CT molecular complexity index is 925. The third kappa shape index (κ3) is 6.86. The van der Waals surface area contributed by atoms with E-state index in [1.165, 1.54) is 5.56 Å². The summed E-state index contributed by atoms with van der Waals surface area (Å²) in [4.78, 5) is 19.2. The molecular weight excluding hydrogens is 393 g/mol. The molecule has 4 nitrogen and oxygen atoms in total. The van der Waals surface area contributed by atoms with E-state index < -0.39 is 6.04 Å². The molecule has 0 aliphatic rings. The van der Waals surface area contributed by atoms with Crippen LogP contribution in [0.5, 0.6) is 0 Å². The van der Waals surface area contributed by atoms with Gasteiger partial charge >= 0.3 is 0 Å². The van der Waals surface area contributed by atoms with E-state index in [0.29, 0.717) is 12.8 Å². The van der Waals surface area contributed by atoms with Crippen LogP contribution in [-0.4, -0.2) is 21.8 Å². The normalized spacial score (nSPS) is 10.6. The van der Waals surface area contributed by atoms with Crippen LogP contribution in [0.1, 0.15) is 27.9 Å². The maximum atomic E-state index is 12.3. The van der Waals surface area contributed by atoms with Crippen LogP contribution in [0.2, 0.25) is 0 Å². The topological polar surface area (TPSA) is 71.8 Å². The van der Waals surface area contributed by atoms with Crippen molar-refractivity contribution in [3.05, 3.63) is 89.0 Å². The maximum Gasteiger partial charge on any atom is 0.154 e. The highest BCUT2D eigenvalue weighted by Crippen LogP contribution is 2.08. The first kappa shape index (κ1) is 23.5. The maximum absolute atomic E-state index is 12.3. The van der Waals surface area contributed by atoms with Gasteiger partial charge in [0.25, 0.3) is 0 Å². The first-order valence-electron chi connectivity index (χ1n) is 8.53. The van der Waals surface area contributed by atoms with E-state index in [-0.39, 0.29) is 30.6 Å². The van der Waals surface area contributed by atoms with Crippen LogP contribution in [-0.2, 0) is 17.6 Å². The largest absolute Gasteiger partial charge is 0.348 e. The molecule has 3 rings (SSSR count). The molecule has 2 aromatic carbocycles. The number of hydrogen-bond donors (Lipinski definition) is 2.